The fourth-order valence-electron chi connectivity index (χ4n) is 4.60. The van der Waals surface area contributed by atoms with Gasteiger partial charge >= 0.3 is 0 Å². The van der Waals surface area contributed by atoms with Crippen LogP contribution in [0, 0.1) is 6.92 Å². The van der Waals surface area contributed by atoms with E-state index in [-0.39, 0.29) is 11.8 Å². The van der Waals surface area contributed by atoms with Crippen LogP contribution in [-0.4, -0.2) is 37.8 Å². The minimum absolute atomic E-state index is 0.214. The summed E-state index contributed by atoms with van der Waals surface area (Å²) in [6.45, 7) is 3.06. The zero-order valence-electron chi connectivity index (χ0n) is 17.6. The van der Waals surface area contributed by atoms with E-state index in [9.17, 15) is 9.59 Å². The molecule has 0 fully saturated rings. The molecule has 156 valence electrons. The summed E-state index contributed by atoms with van der Waals surface area (Å²) in [5.41, 5.74) is 6.62. The number of rotatable bonds is 4. The highest BCUT2D eigenvalue weighted by Crippen LogP contribution is 2.30. The molecule has 0 atom stereocenters. The van der Waals surface area contributed by atoms with Gasteiger partial charge in [0.15, 0.2) is 5.65 Å². The Hall–Kier alpha value is -4.06. The lowest BCUT2D eigenvalue weighted by Gasteiger charge is -2.14. The minimum atomic E-state index is -0.214. The molecule has 3 aromatic carbocycles. The van der Waals surface area contributed by atoms with E-state index in [1.165, 1.54) is 4.90 Å². The third-order valence-corrected chi connectivity index (χ3v) is 6.15. The van der Waals surface area contributed by atoms with Crippen LogP contribution >= 0.6 is 0 Å². The van der Waals surface area contributed by atoms with Crippen molar-refractivity contribution in [2.75, 3.05) is 6.54 Å². The Bertz CT molecular complexity index is 1530. The first-order valence-electron chi connectivity index (χ1n) is 10.7. The van der Waals surface area contributed by atoms with Crippen LogP contribution in [0.25, 0.3) is 33.1 Å². The number of amides is 2. The van der Waals surface area contributed by atoms with Crippen molar-refractivity contribution in [1.82, 2.24) is 19.4 Å². The van der Waals surface area contributed by atoms with Gasteiger partial charge in [0.1, 0.15) is 5.52 Å². The van der Waals surface area contributed by atoms with Crippen LogP contribution in [0.2, 0.25) is 0 Å². The standard InChI is InChI=1S/C26H20N4O2/c1-16-11-12-22-19(15-16)23-24(28-21-10-5-4-9-20(21)27-23)29(22)13-6-14-30-25(31)17-7-2-3-8-18(17)26(30)32/h2-5,7-12,15H,6,13-14H2,1H3. The van der Waals surface area contributed by atoms with Crippen molar-refractivity contribution in [3.05, 3.63) is 83.4 Å². The van der Waals surface area contributed by atoms with Gasteiger partial charge in [0, 0.05) is 18.5 Å². The van der Waals surface area contributed by atoms with Gasteiger partial charge in [-0.15, -0.1) is 0 Å². The zero-order valence-corrected chi connectivity index (χ0v) is 17.6. The minimum Gasteiger partial charge on any atom is -0.324 e. The second-order valence-electron chi connectivity index (χ2n) is 8.22. The summed E-state index contributed by atoms with van der Waals surface area (Å²) in [7, 11) is 0. The molecule has 0 saturated heterocycles. The number of aryl methyl sites for hydroxylation is 2. The second kappa shape index (κ2) is 6.99. The molecule has 0 radical (unpaired) electrons. The quantitative estimate of drug-likeness (QED) is 0.394. The van der Waals surface area contributed by atoms with E-state index in [0.29, 0.717) is 30.6 Å². The number of nitrogens with zero attached hydrogens (tertiary/aromatic N) is 4. The molecule has 32 heavy (non-hydrogen) atoms. The van der Waals surface area contributed by atoms with Gasteiger partial charge in [-0.05, 0) is 49.7 Å². The molecule has 3 heterocycles. The Morgan fingerprint density at radius 1 is 0.781 bits per heavy atom. The summed E-state index contributed by atoms with van der Waals surface area (Å²) in [6.07, 6.45) is 0.632. The molecule has 2 aromatic heterocycles. The van der Waals surface area contributed by atoms with E-state index in [0.717, 1.165) is 38.7 Å². The molecule has 0 unspecified atom stereocenters. The van der Waals surface area contributed by atoms with Crippen LogP contribution in [0.4, 0.5) is 0 Å². The molecule has 5 aromatic rings. The van der Waals surface area contributed by atoms with Gasteiger partial charge < -0.3 is 4.57 Å². The maximum absolute atomic E-state index is 12.7. The van der Waals surface area contributed by atoms with Gasteiger partial charge in [0.05, 0.1) is 27.7 Å². The number of hydrogen-bond donors (Lipinski definition) is 0. The normalized spacial score (nSPS) is 13.6. The van der Waals surface area contributed by atoms with E-state index in [4.69, 9.17) is 9.97 Å². The maximum Gasteiger partial charge on any atom is 0.261 e. The summed E-state index contributed by atoms with van der Waals surface area (Å²) in [5, 5.41) is 1.07. The van der Waals surface area contributed by atoms with Crippen molar-refractivity contribution >= 4 is 44.9 Å². The highest BCUT2D eigenvalue weighted by molar-refractivity contribution is 6.21. The first-order valence-corrected chi connectivity index (χ1v) is 10.7. The number of hydrogen-bond acceptors (Lipinski definition) is 4. The molecule has 6 nitrogen and oxygen atoms in total. The van der Waals surface area contributed by atoms with Crippen molar-refractivity contribution in [1.29, 1.82) is 0 Å². The van der Waals surface area contributed by atoms with Crippen LogP contribution < -0.4 is 0 Å². The molecule has 6 heteroatoms. The summed E-state index contributed by atoms with van der Waals surface area (Å²) in [4.78, 5) is 36.5. The molecule has 0 aliphatic carbocycles. The Morgan fingerprint density at radius 3 is 2.16 bits per heavy atom. The molecular weight excluding hydrogens is 400 g/mol. The molecule has 0 spiro atoms. The van der Waals surface area contributed by atoms with Crippen LogP contribution in [0.1, 0.15) is 32.7 Å². The molecule has 1 aliphatic rings. The van der Waals surface area contributed by atoms with Crippen molar-refractivity contribution < 1.29 is 9.59 Å². The average Bonchev–Trinajstić information content (AvgIpc) is 3.24. The number of fused-ring (bicyclic) bond motifs is 5. The molecular formula is C26H20N4O2. The predicted octanol–water partition coefficient (Wildman–Crippen LogP) is 4.73. The van der Waals surface area contributed by atoms with Crippen LogP contribution in [0.15, 0.2) is 66.7 Å². The van der Waals surface area contributed by atoms with Gasteiger partial charge in [0.2, 0.25) is 0 Å². The van der Waals surface area contributed by atoms with Gasteiger partial charge in [-0.1, -0.05) is 35.9 Å². The van der Waals surface area contributed by atoms with Crippen LogP contribution in [0.3, 0.4) is 0 Å². The molecule has 0 N–H and O–H groups in total. The smallest absolute Gasteiger partial charge is 0.261 e. The lowest BCUT2D eigenvalue weighted by Crippen LogP contribution is -2.31. The monoisotopic (exact) mass is 420 g/mol. The Morgan fingerprint density at radius 2 is 1.44 bits per heavy atom. The fourth-order valence-corrected chi connectivity index (χ4v) is 4.60. The number of carbonyl (C=O) groups is 2. The lowest BCUT2D eigenvalue weighted by molar-refractivity contribution is 0.0651. The van der Waals surface area contributed by atoms with Crippen LogP contribution in [0.5, 0.6) is 0 Å². The number of para-hydroxylation sites is 2. The molecule has 2 amide bonds. The van der Waals surface area contributed by atoms with Gasteiger partial charge in [-0.2, -0.15) is 0 Å². The Balaban J connectivity index is 1.37. The van der Waals surface area contributed by atoms with Crippen molar-refractivity contribution in [3.8, 4) is 0 Å². The number of imide groups is 1. The highest BCUT2D eigenvalue weighted by Gasteiger charge is 2.34. The predicted molar refractivity (Wildman–Crippen MR) is 124 cm³/mol. The molecule has 1 aliphatic heterocycles. The fraction of sp³-hybridized carbons (Fsp3) is 0.154. The highest BCUT2D eigenvalue weighted by atomic mass is 16.2. The van der Waals surface area contributed by atoms with E-state index in [1.807, 2.05) is 24.3 Å². The summed E-state index contributed by atoms with van der Waals surface area (Å²) >= 11 is 0. The van der Waals surface area contributed by atoms with Crippen LogP contribution in [-0.2, 0) is 6.54 Å². The first kappa shape index (κ1) is 18.7. The number of aromatic nitrogens is 3. The third-order valence-electron chi connectivity index (χ3n) is 6.15. The van der Waals surface area contributed by atoms with E-state index in [2.05, 4.69) is 29.7 Å². The zero-order chi connectivity index (χ0) is 21.8. The largest absolute Gasteiger partial charge is 0.324 e. The SMILES string of the molecule is Cc1ccc2c(c1)c1nc3ccccc3nc1n2CCCN1C(=O)c2ccccc2C1=O. The third kappa shape index (κ3) is 2.73. The Kier molecular flexibility index (Phi) is 4.08. The average molecular weight is 420 g/mol. The molecule has 6 rings (SSSR count). The topological polar surface area (TPSA) is 68.1 Å². The van der Waals surface area contributed by atoms with Crippen molar-refractivity contribution in [3.63, 3.8) is 0 Å². The molecule has 0 bridgehead atoms. The second-order valence-corrected chi connectivity index (χ2v) is 8.22. The maximum atomic E-state index is 12.7. The Labute approximate surface area is 184 Å². The van der Waals surface area contributed by atoms with E-state index >= 15 is 0 Å². The summed E-state index contributed by atoms with van der Waals surface area (Å²) in [6, 6.07) is 21.2. The number of carbonyl (C=O) groups excluding carboxylic acids is 2. The van der Waals surface area contributed by atoms with Crippen molar-refractivity contribution in [2.24, 2.45) is 0 Å². The lowest BCUT2D eigenvalue weighted by atomic mass is 10.1. The van der Waals surface area contributed by atoms with Crippen molar-refractivity contribution in [2.45, 2.75) is 19.9 Å². The van der Waals surface area contributed by atoms with Gasteiger partial charge in [-0.25, -0.2) is 9.97 Å². The van der Waals surface area contributed by atoms with E-state index in [1.54, 1.807) is 24.3 Å². The number of benzene rings is 3. The summed E-state index contributed by atoms with van der Waals surface area (Å²) in [5.74, 6) is -0.427. The summed E-state index contributed by atoms with van der Waals surface area (Å²) < 4.78 is 2.15. The molecule has 0 saturated carbocycles. The van der Waals surface area contributed by atoms with Gasteiger partial charge in [0.25, 0.3) is 11.8 Å². The van der Waals surface area contributed by atoms with Gasteiger partial charge in [-0.3, -0.25) is 14.5 Å². The van der Waals surface area contributed by atoms with E-state index < -0.39 is 0 Å². The first-order chi connectivity index (χ1) is 15.6.